The van der Waals surface area contributed by atoms with E-state index >= 15 is 0 Å². The summed E-state index contributed by atoms with van der Waals surface area (Å²) in [7, 11) is 0. The minimum atomic E-state index is -1.96. The summed E-state index contributed by atoms with van der Waals surface area (Å²) < 4.78 is 32.8. The van der Waals surface area contributed by atoms with E-state index in [-0.39, 0.29) is 6.61 Å². The lowest BCUT2D eigenvalue weighted by Crippen LogP contribution is -2.56. The van der Waals surface area contributed by atoms with Crippen LogP contribution in [0.2, 0.25) is 0 Å². The summed E-state index contributed by atoms with van der Waals surface area (Å²) in [6.07, 6.45) is -5.70. The molecule has 0 radical (unpaired) electrons. The van der Waals surface area contributed by atoms with Crippen LogP contribution in [0, 0.1) is 0 Å². The molecule has 4 atom stereocenters. The minimum absolute atomic E-state index is 0.295. The molecule has 1 rings (SSSR count). The fourth-order valence-corrected chi connectivity index (χ4v) is 1.70. The predicted molar refractivity (Wildman–Crippen MR) is 57.5 cm³/mol. The van der Waals surface area contributed by atoms with Gasteiger partial charge in [0.15, 0.2) is 18.3 Å². The summed E-state index contributed by atoms with van der Waals surface area (Å²) in [5, 5.41) is 0. The van der Waals surface area contributed by atoms with Crippen LogP contribution in [0.15, 0.2) is 0 Å². The predicted octanol–water partition coefficient (Wildman–Crippen LogP) is 0.107. The van der Waals surface area contributed by atoms with E-state index in [0.29, 0.717) is 0 Å². The Balaban J connectivity index is 2.89. The number of halogens is 1. The molecule has 0 aromatic heterocycles. The summed E-state index contributed by atoms with van der Waals surface area (Å²) in [6, 6.07) is 0. The standard InChI is InChI=1S/C11H15FO7/c1-5(13)17-8-4-16-11(12)10(19-7(3)15)9(8)18-6(2)14/h8-11H,4H2,1-3H3/t8-,9+,10+,11+/m1/s1. The van der Waals surface area contributed by atoms with Crippen molar-refractivity contribution in [3.8, 4) is 0 Å². The number of carbonyl (C=O) groups excluding carboxylic acids is 3. The molecule has 0 N–H and O–H groups in total. The van der Waals surface area contributed by atoms with Crippen molar-refractivity contribution >= 4 is 17.9 Å². The van der Waals surface area contributed by atoms with Crippen LogP contribution in [0.25, 0.3) is 0 Å². The average Bonchev–Trinajstić information content (AvgIpc) is 2.25. The van der Waals surface area contributed by atoms with Crippen LogP contribution in [0.3, 0.4) is 0 Å². The highest BCUT2D eigenvalue weighted by Gasteiger charge is 2.47. The maximum Gasteiger partial charge on any atom is 0.303 e. The molecule has 108 valence electrons. The Labute approximate surface area is 108 Å². The number of hydrogen-bond acceptors (Lipinski definition) is 7. The largest absolute Gasteiger partial charge is 0.456 e. The minimum Gasteiger partial charge on any atom is -0.456 e. The van der Waals surface area contributed by atoms with E-state index in [0.717, 1.165) is 20.8 Å². The summed E-state index contributed by atoms with van der Waals surface area (Å²) in [5.41, 5.74) is 0. The zero-order valence-electron chi connectivity index (χ0n) is 10.8. The number of carbonyl (C=O) groups is 3. The second-order valence-electron chi connectivity index (χ2n) is 3.98. The molecule has 0 bridgehead atoms. The molecule has 0 spiro atoms. The number of esters is 3. The van der Waals surface area contributed by atoms with Crippen LogP contribution < -0.4 is 0 Å². The van der Waals surface area contributed by atoms with E-state index < -0.39 is 42.6 Å². The van der Waals surface area contributed by atoms with Gasteiger partial charge in [0.1, 0.15) is 0 Å². The van der Waals surface area contributed by atoms with Gasteiger partial charge in [0, 0.05) is 20.8 Å². The van der Waals surface area contributed by atoms with Gasteiger partial charge in [-0.2, -0.15) is 0 Å². The highest BCUT2D eigenvalue weighted by atomic mass is 19.1. The Morgan fingerprint density at radius 3 is 1.89 bits per heavy atom. The van der Waals surface area contributed by atoms with E-state index in [4.69, 9.17) is 18.9 Å². The van der Waals surface area contributed by atoms with Crippen molar-refractivity contribution in [3.63, 3.8) is 0 Å². The number of ether oxygens (including phenoxy) is 4. The lowest BCUT2D eigenvalue weighted by Gasteiger charge is -2.37. The first-order chi connectivity index (χ1) is 8.81. The van der Waals surface area contributed by atoms with Gasteiger partial charge in [-0.15, -0.1) is 0 Å². The molecule has 0 amide bonds. The van der Waals surface area contributed by atoms with Crippen LogP contribution in [-0.2, 0) is 33.3 Å². The first kappa shape index (κ1) is 15.4. The molecule has 0 aliphatic carbocycles. The van der Waals surface area contributed by atoms with Crippen molar-refractivity contribution in [1.29, 1.82) is 0 Å². The van der Waals surface area contributed by atoms with Crippen molar-refractivity contribution in [2.45, 2.75) is 45.4 Å². The second kappa shape index (κ2) is 6.46. The SMILES string of the molecule is CC(=O)O[C@@H]1[C@H](OC(C)=O)[C@@H](F)OC[C@H]1OC(C)=O. The first-order valence-corrected chi connectivity index (χ1v) is 5.58. The first-order valence-electron chi connectivity index (χ1n) is 5.58. The highest BCUT2D eigenvalue weighted by molar-refractivity contribution is 5.68. The van der Waals surface area contributed by atoms with E-state index in [1.54, 1.807) is 0 Å². The molecule has 1 aliphatic rings. The maximum atomic E-state index is 13.6. The van der Waals surface area contributed by atoms with E-state index in [1.807, 2.05) is 0 Å². The molecule has 0 aromatic carbocycles. The zero-order chi connectivity index (χ0) is 14.6. The van der Waals surface area contributed by atoms with Crippen LogP contribution in [0.1, 0.15) is 20.8 Å². The van der Waals surface area contributed by atoms with Gasteiger partial charge >= 0.3 is 17.9 Å². The van der Waals surface area contributed by atoms with Crippen LogP contribution in [-0.4, -0.2) is 49.2 Å². The summed E-state index contributed by atoms with van der Waals surface area (Å²) in [5.74, 6) is -2.13. The van der Waals surface area contributed by atoms with Crippen molar-refractivity contribution in [2.75, 3.05) is 6.61 Å². The second-order valence-corrected chi connectivity index (χ2v) is 3.98. The van der Waals surface area contributed by atoms with Crippen molar-refractivity contribution in [2.24, 2.45) is 0 Å². The van der Waals surface area contributed by atoms with Crippen molar-refractivity contribution in [1.82, 2.24) is 0 Å². The lowest BCUT2D eigenvalue weighted by molar-refractivity contribution is -0.248. The van der Waals surface area contributed by atoms with Gasteiger partial charge in [-0.05, 0) is 0 Å². The Bertz CT molecular complexity index is 370. The van der Waals surface area contributed by atoms with Gasteiger partial charge < -0.3 is 18.9 Å². The fraction of sp³-hybridized carbons (Fsp3) is 0.727. The van der Waals surface area contributed by atoms with Crippen molar-refractivity contribution in [3.05, 3.63) is 0 Å². The molecule has 1 fully saturated rings. The molecule has 8 heteroatoms. The number of hydrogen-bond donors (Lipinski definition) is 0. The average molecular weight is 278 g/mol. The quantitative estimate of drug-likeness (QED) is 0.534. The molecule has 7 nitrogen and oxygen atoms in total. The Morgan fingerprint density at radius 2 is 1.42 bits per heavy atom. The molecule has 0 aromatic rings. The molecule has 1 heterocycles. The van der Waals surface area contributed by atoms with Crippen molar-refractivity contribution < 1.29 is 37.7 Å². The summed E-state index contributed by atoms with van der Waals surface area (Å²) >= 11 is 0. The number of rotatable bonds is 3. The Morgan fingerprint density at radius 1 is 0.947 bits per heavy atom. The molecule has 1 aliphatic heterocycles. The smallest absolute Gasteiger partial charge is 0.303 e. The van der Waals surface area contributed by atoms with Gasteiger partial charge in [0.05, 0.1) is 6.61 Å². The van der Waals surface area contributed by atoms with E-state index in [9.17, 15) is 18.8 Å². The maximum absolute atomic E-state index is 13.6. The van der Waals surface area contributed by atoms with Gasteiger partial charge in [-0.25, -0.2) is 4.39 Å². The van der Waals surface area contributed by atoms with E-state index in [2.05, 4.69) is 0 Å². The third kappa shape index (κ3) is 4.47. The van der Waals surface area contributed by atoms with Crippen LogP contribution >= 0.6 is 0 Å². The third-order valence-electron chi connectivity index (χ3n) is 2.29. The van der Waals surface area contributed by atoms with Gasteiger partial charge in [0.2, 0.25) is 6.36 Å². The third-order valence-corrected chi connectivity index (χ3v) is 2.29. The molecule has 0 unspecified atom stereocenters. The molecular weight excluding hydrogens is 263 g/mol. The topological polar surface area (TPSA) is 88.1 Å². The number of alkyl halides is 1. The normalized spacial score (nSPS) is 30.3. The molecule has 1 saturated heterocycles. The van der Waals surface area contributed by atoms with Gasteiger partial charge in [-0.3, -0.25) is 14.4 Å². The Kier molecular flexibility index (Phi) is 5.22. The molecule has 19 heavy (non-hydrogen) atoms. The molecule has 0 saturated carbocycles. The Hall–Kier alpha value is -1.70. The van der Waals surface area contributed by atoms with Crippen LogP contribution in [0.4, 0.5) is 4.39 Å². The highest BCUT2D eigenvalue weighted by Crippen LogP contribution is 2.24. The molecular formula is C11H15FO7. The monoisotopic (exact) mass is 278 g/mol. The summed E-state index contributed by atoms with van der Waals surface area (Å²) in [4.78, 5) is 32.9. The lowest BCUT2D eigenvalue weighted by atomic mass is 10.1. The zero-order valence-corrected chi connectivity index (χ0v) is 10.8. The van der Waals surface area contributed by atoms with Crippen LogP contribution in [0.5, 0.6) is 0 Å². The fourth-order valence-electron chi connectivity index (χ4n) is 1.70. The summed E-state index contributed by atoms with van der Waals surface area (Å²) in [6.45, 7) is 3.04. The van der Waals surface area contributed by atoms with Gasteiger partial charge in [0.25, 0.3) is 0 Å². The van der Waals surface area contributed by atoms with E-state index in [1.165, 1.54) is 0 Å². The van der Waals surface area contributed by atoms with Gasteiger partial charge in [-0.1, -0.05) is 0 Å².